The number of carboxylic acids is 1. The van der Waals surface area contributed by atoms with Gasteiger partial charge in [0.2, 0.25) is 0 Å². The average Bonchev–Trinajstić information content (AvgIpc) is 2.41. The maximum absolute atomic E-state index is 13.4. The molecule has 0 saturated carbocycles. The molecule has 4 heteroatoms. The lowest BCUT2D eigenvalue weighted by Gasteiger charge is -2.07. The Kier molecular flexibility index (Phi) is 7.70. The quantitative estimate of drug-likeness (QED) is 0.635. The molecule has 20 heavy (non-hydrogen) atoms. The molecule has 0 spiro atoms. The van der Waals surface area contributed by atoms with Crippen LogP contribution in [0.3, 0.4) is 0 Å². The number of unbranched alkanes of at least 4 members (excludes halogenated alkanes) is 6. The first kappa shape index (κ1) is 16.5. The molecule has 1 rings (SSSR count). The molecule has 0 bridgehead atoms. The van der Waals surface area contributed by atoms with Gasteiger partial charge in [-0.1, -0.05) is 45.4 Å². The lowest BCUT2D eigenvalue weighted by molar-refractivity contribution is 0.0692. The van der Waals surface area contributed by atoms with Gasteiger partial charge in [0.25, 0.3) is 0 Å². The second-order valence-electron chi connectivity index (χ2n) is 4.92. The Balaban J connectivity index is 2.19. The Bertz CT molecular complexity index is 418. The Labute approximate surface area is 119 Å². The summed E-state index contributed by atoms with van der Waals surface area (Å²) in [5, 5.41) is 8.71. The molecule has 0 saturated heterocycles. The maximum Gasteiger partial charge on any atom is 0.338 e. The van der Waals surface area contributed by atoms with Crippen LogP contribution in [0, 0.1) is 5.82 Å². The summed E-state index contributed by atoms with van der Waals surface area (Å²) in [4.78, 5) is 10.7. The fourth-order valence-corrected chi connectivity index (χ4v) is 2.01. The molecule has 0 unspecified atom stereocenters. The maximum atomic E-state index is 13.4. The lowest BCUT2D eigenvalue weighted by atomic mass is 10.1. The Morgan fingerprint density at radius 1 is 1.15 bits per heavy atom. The van der Waals surface area contributed by atoms with Gasteiger partial charge in [-0.25, -0.2) is 9.18 Å². The van der Waals surface area contributed by atoms with Crippen LogP contribution in [0.25, 0.3) is 0 Å². The fourth-order valence-electron chi connectivity index (χ4n) is 2.01. The minimum absolute atomic E-state index is 0.326. The molecule has 1 aromatic carbocycles. The number of aromatic carboxylic acids is 1. The van der Waals surface area contributed by atoms with Gasteiger partial charge >= 0.3 is 5.97 Å². The molecular weight excluding hydrogens is 259 g/mol. The first-order valence-electron chi connectivity index (χ1n) is 7.30. The van der Waals surface area contributed by atoms with E-state index in [1.165, 1.54) is 44.2 Å². The third-order valence-electron chi connectivity index (χ3n) is 3.19. The van der Waals surface area contributed by atoms with E-state index in [9.17, 15) is 9.18 Å². The van der Waals surface area contributed by atoms with Crippen LogP contribution in [-0.2, 0) is 0 Å². The van der Waals surface area contributed by atoms with Crippen molar-refractivity contribution in [3.8, 4) is 5.75 Å². The van der Waals surface area contributed by atoms with E-state index < -0.39 is 11.8 Å². The van der Waals surface area contributed by atoms with Crippen molar-refractivity contribution in [1.29, 1.82) is 0 Å². The summed E-state index contributed by atoms with van der Waals surface area (Å²) in [5.74, 6) is -1.63. The van der Waals surface area contributed by atoms with Crippen molar-refractivity contribution in [2.75, 3.05) is 6.61 Å². The lowest BCUT2D eigenvalue weighted by Crippen LogP contribution is -2.02. The third-order valence-corrected chi connectivity index (χ3v) is 3.19. The van der Waals surface area contributed by atoms with Crippen molar-refractivity contribution in [2.24, 2.45) is 0 Å². The molecule has 0 fully saturated rings. The van der Waals surface area contributed by atoms with Crippen LogP contribution in [0.15, 0.2) is 18.2 Å². The van der Waals surface area contributed by atoms with E-state index in [2.05, 4.69) is 6.92 Å². The highest BCUT2D eigenvalue weighted by Crippen LogP contribution is 2.17. The van der Waals surface area contributed by atoms with Crippen molar-refractivity contribution < 1.29 is 19.0 Å². The average molecular weight is 282 g/mol. The summed E-state index contributed by atoms with van der Waals surface area (Å²) in [6, 6.07) is 3.86. The first-order valence-corrected chi connectivity index (χ1v) is 7.30. The molecule has 1 N–H and O–H groups in total. The van der Waals surface area contributed by atoms with Crippen molar-refractivity contribution in [2.45, 2.75) is 51.9 Å². The van der Waals surface area contributed by atoms with Gasteiger partial charge in [-0.2, -0.15) is 0 Å². The van der Waals surface area contributed by atoms with E-state index in [4.69, 9.17) is 9.84 Å². The zero-order valence-corrected chi connectivity index (χ0v) is 12.0. The van der Waals surface area contributed by atoms with Crippen molar-refractivity contribution in [3.63, 3.8) is 0 Å². The number of halogens is 1. The van der Waals surface area contributed by atoms with Crippen molar-refractivity contribution in [1.82, 2.24) is 0 Å². The molecule has 0 aliphatic carbocycles. The van der Waals surface area contributed by atoms with Crippen LogP contribution >= 0.6 is 0 Å². The number of benzene rings is 1. The normalized spacial score (nSPS) is 10.5. The number of carboxylic acid groups (broad SMARTS) is 1. The molecule has 0 aliphatic rings. The molecule has 1 aromatic rings. The highest BCUT2D eigenvalue weighted by Gasteiger charge is 2.10. The Morgan fingerprint density at radius 2 is 1.80 bits per heavy atom. The molecule has 0 atom stereocenters. The highest BCUT2D eigenvalue weighted by molar-refractivity contribution is 5.88. The predicted octanol–water partition coefficient (Wildman–Crippen LogP) is 4.65. The second-order valence-corrected chi connectivity index (χ2v) is 4.92. The topological polar surface area (TPSA) is 46.5 Å². The van der Waals surface area contributed by atoms with Crippen LogP contribution in [0.1, 0.15) is 62.2 Å². The summed E-state index contributed by atoms with van der Waals surface area (Å²) in [5.41, 5.74) is -0.326. The van der Waals surface area contributed by atoms with E-state index >= 15 is 0 Å². The number of hydrogen-bond donors (Lipinski definition) is 1. The minimum atomic E-state index is -1.26. The third kappa shape index (κ3) is 6.04. The molecule has 112 valence electrons. The van der Waals surface area contributed by atoms with E-state index in [1.807, 2.05) is 0 Å². The van der Waals surface area contributed by atoms with E-state index in [-0.39, 0.29) is 5.56 Å². The molecule has 0 aromatic heterocycles. The van der Waals surface area contributed by atoms with E-state index in [0.29, 0.717) is 12.4 Å². The molecule has 0 heterocycles. The molecule has 3 nitrogen and oxygen atoms in total. The number of rotatable bonds is 10. The summed E-state index contributed by atoms with van der Waals surface area (Å²) in [6.45, 7) is 2.74. The van der Waals surface area contributed by atoms with Crippen LogP contribution in [0.4, 0.5) is 4.39 Å². The van der Waals surface area contributed by atoms with Gasteiger partial charge in [0, 0.05) is 6.07 Å². The molecule has 0 amide bonds. The molecule has 0 aliphatic heterocycles. The van der Waals surface area contributed by atoms with Crippen molar-refractivity contribution >= 4 is 5.97 Å². The van der Waals surface area contributed by atoms with Crippen LogP contribution in [0.2, 0.25) is 0 Å². The largest absolute Gasteiger partial charge is 0.493 e. The summed E-state index contributed by atoms with van der Waals surface area (Å²) >= 11 is 0. The fraction of sp³-hybridized carbons (Fsp3) is 0.562. The zero-order valence-electron chi connectivity index (χ0n) is 12.0. The van der Waals surface area contributed by atoms with Gasteiger partial charge in [0.05, 0.1) is 12.2 Å². The summed E-state index contributed by atoms with van der Waals surface area (Å²) in [6.07, 6.45) is 8.35. The minimum Gasteiger partial charge on any atom is -0.493 e. The van der Waals surface area contributed by atoms with Gasteiger partial charge < -0.3 is 9.84 Å². The smallest absolute Gasteiger partial charge is 0.338 e. The zero-order chi connectivity index (χ0) is 14.8. The van der Waals surface area contributed by atoms with E-state index in [1.54, 1.807) is 0 Å². The number of hydrogen-bond acceptors (Lipinski definition) is 2. The van der Waals surface area contributed by atoms with Crippen LogP contribution in [-0.4, -0.2) is 17.7 Å². The predicted molar refractivity (Wildman–Crippen MR) is 76.8 cm³/mol. The van der Waals surface area contributed by atoms with Crippen molar-refractivity contribution in [3.05, 3.63) is 29.6 Å². The van der Waals surface area contributed by atoms with Gasteiger partial charge in [-0.15, -0.1) is 0 Å². The molecular formula is C16H23FO3. The molecule has 0 radical (unpaired) electrons. The van der Waals surface area contributed by atoms with Gasteiger partial charge in [-0.05, 0) is 18.6 Å². The number of carbonyl (C=O) groups is 1. The van der Waals surface area contributed by atoms with Gasteiger partial charge in [0.1, 0.15) is 11.6 Å². The highest BCUT2D eigenvalue weighted by atomic mass is 19.1. The monoisotopic (exact) mass is 282 g/mol. The van der Waals surface area contributed by atoms with Crippen LogP contribution < -0.4 is 4.74 Å². The van der Waals surface area contributed by atoms with Gasteiger partial charge in [0.15, 0.2) is 0 Å². The standard InChI is InChI=1S/C16H23FO3/c1-2-3-4-5-6-7-8-11-20-13-9-10-14(16(18)19)15(17)12-13/h9-10,12H,2-8,11H2,1H3,(H,18,19). The number of ether oxygens (including phenoxy) is 1. The first-order chi connectivity index (χ1) is 9.65. The second kappa shape index (κ2) is 9.34. The Hall–Kier alpha value is -1.58. The van der Waals surface area contributed by atoms with Crippen LogP contribution in [0.5, 0.6) is 5.75 Å². The SMILES string of the molecule is CCCCCCCCCOc1ccc(C(=O)O)c(F)c1. The summed E-state index contributed by atoms with van der Waals surface area (Å²) < 4.78 is 18.8. The van der Waals surface area contributed by atoms with E-state index in [0.717, 1.165) is 18.9 Å². The summed E-state index contributed by atoms with van der Waals surface area (Å²) in [7, 11) is 0. The van der Waals surface area contributed by atoms with Gasteiger partial charge in [-0.3, -0.25) is 0 Å². The Morgan fingerprint density at radius 3 is 2.40 bits per heavy atom.